The summed E-state index contributed by atoms with van der Waals surface area (Å²) in [5.74, 6) is -0.299. The molecule has 1 heterocycles. The van der Waals surface area contributed by atoms with Crippen LogP contribution in [0.3, 0.4) is 0 Å². The first-order chi connectivity index (χ1) is 11.1. The molecule has 0 bridgehead atoms. The zero-order chi connectivity index (χ0) is 16.2. The van der Waals surface area contributed by atoms with Gasteiger partial charge in [-0.25, -0.2) is 4.39 Å². The van der Waals surface area contributed by atoms with Gasteiger partial charge < -0.3 is 10.1 Å². The highest BCUT2D eigenvalue weighted by Crippen LogP contribution is 2.25. The fourth-order valence-corrected chi connectivity index (χ4v) is 2.54. The van der Waals surface area contributed by atoms with Crippen LogP contribution >= 0.6 is 15.9 Å². The molecule has 0 aliphatic rings. The van der Waals surface area contributed by atoms with E-state index in [1.54, 1.807) is 6.20 Å². The van der Waals surface area contributed by atoms with Crippen LogP contribution in [0.1, 0.15) is 0 Å². The van der Waals surface area contributed by atoms with E-state index in [0.717, 1.165) is 10.9 Å². The van der Waals surface area contributed by atoms with Crippen molar-refractivity contribution in [2.75, 3.05) is 11.9 Å². The molecule has 0 radical (unpaired) electrons. The monoisotopic (exact) mass is 374 g/mol. The third kappa shape index (κ3) is 3.84. The van der Waals surface area contributed by atoms with Gasteiger partial charge in [-0.15, -0.1) is 0 Å². The van der Waals surface area contributed by atoms with Gasteiger partial charge in [-0.1, -0.05) is 18.2 Å². The van der Waals surface area contributed by atoms with Crippen LogP contribution in [0.5, 0.6) is 5.75 Å². The summed E-state index contributed by atoms with van der Waals surface area (Å²) < 4.78 is 18.8. The Morgan fingerprint density at radius 1 is 1.22 bits per heavy atom. The van der Waals surface area contributed by atoms with Crippen molar-refractivity contribution in [2.45, 2.75) is 0 Å². The van der Waals surface area contributed by atoms with Crippen molar-refractivity contribution in [1.82, 2.24) is 4.98 Å². The number of aromatic nitrogens is 1. The fourth-order valence-electron chi connectivity index (χ4n) is 2.07. The van der Waals surface area contributed by atoms with Gasteiger partial charge in [0.2, 0.25) is 0 Å². The molecule has 0 aliphatic carbocycles. The van der Waals surface area contributed by atoms with Gasteiger partial charge in [-0.05, 0) is 46.3 Å². The highest BCUT2D eigenvalue weighted by molar-refractivity contribution is 9.10. The molecule has 0 spiro atoms. The van der Waals surface area contributed by atoms with Crippen molar-refractivity contribution in [3.63, 3.8) is 0 Å². The lowest BCUT2D eigenvalue weighted by Crippen LogP contribution is -2.20. The summed E-state index contributed by atoms with van der Waals surface area (Å²) >= 11 is 3.18. The van der Waals surface area contributed by atoms with Crippen LogP contribution in [0.15, 0.2) is 59.2 Å². The summed E-state index contributed by atoms with van der Waals surface area (Å²) in [4.78, 5) is 16.2. The number of carbonyl (C=O) groups is 1. The quantitative estimate of drug-likeness (QED) is 0.745. The van der Waals surface area contributed by atoms with E-state index in [0.29, 0.717) is 15.9 Å². The lowest BCUT2D eigenvalue weighted by atomic mass is 10.2. The predicted molar refractivity (Wildman–Crippen MR) is 90.0 cm³/mol. The summed E-state index contributed by atoms with van der Waals surface area (Å²) in [5, 5.41) is 3.66. The van der Waals surface area contributed by atoms with Gasteiger partial charge in [0.25, 0.3) is 5.91 Å². The molecule has 23 heavy (non-hydrogen) atoms. The minimum Gasteiger partial charge on any atom is -0.483 e. The zero-order valence-corrected chi connectivity index (χ0v) is 13.5. The van der Waals surface area contributed by atoms with Gasteiger partial charge in [-0.3, -0.25) is 9.78 Å². The molecule has 3 rings (SSSR count). The molecule has 0 fully saturated rings. The molecule has 1 aromatic heterocycles. The van der Waals surface area contributed by atoms with Crippen molar-refractivity contribution in [1.29, 1.82) is 0 Å². The Bertz CT molecular complexity index is 870. The summed E-state index contributed by atoms with van der Waals surface area (Å²) in [6, 6.07) is 13.5. The molecule has 0 aliphatic heterocycles. The normalized spacial score (nSPS) is 10.5. The third-order valence-electron chi connectivity index (χ3n) is 3.13. The number of fused-ring (bicyclic) bond motifs is 1. The van der Waals surface area contributed by atoms with Crippen LogP contribution in [0.25, 0.3) is 10.9 Å². The van der Waals surface area contributed by atoms with Gasteiger partial charge in [0.05, 0.1) is 21.9 Å². The average molecular weight is 375 g/mol. The first-order valence-electron chi connectivity index (χ1n) is 6.84. The van der Waals surface area contributed by atoms with Crippen molar-refractivity contribution in [3.05, 3.63) is 65.0 Å². The summed E-state index contributed by atoms with van der Waals surface area (Å²) in [6.07, 6.45) is 1.59. The molecule has 4 nitrogen and oxygen atoms in total. The van der Waals surface area contributed by atoms with Crippen molar-refractivity contribution in [3.8, 4) is 5.75 Å². The minimum absolute atomic E-state index is 0.183. The van der Waals surface area contributed by atoms with E-state index in [2.05, 4.69) is 26.2 Å². The predicted octanol–water partition coefficient (Wildman–Crippen LogP) is 4.15. The summed E-state index contributed by atoms with van der Waals surface area (Å²) in [5.41, 5.74) is 1.45. The largest absolute Gasteiger partial charge is 0.483 e. The van der Waals surface area contributed by atoms with E-state index in [9.17, 15) is 9.18 Å². The number of hydrogen-bond acceptors (Lipinski definition) is 3. The molecule has 0 atom stereocenters. The van der Waals surface area contributed by atoms with E-state index < -0.39 is 0 Å². The number of pyridine rings is 1. The van der Waals surface area contributed by atoms with Crippen molar-refractivity contribution >= 4 is 38.4 Å². The van der Waals surface area contributed by atoms with E-state index in [1.807, 2.05) is 30.3 Å². The Labute approximate surface area is 140 Å². The van der Waals surface area contributed by atoms with E-state index in [1.165, 1.54) is 18.2 Å². The number of carbonyl (C=O) groups excluding carboxylic acids is 1. The number of hydrogen-bond donors (Lipinski definition) is 1. The Morgan fingerprint density at radius 2 is 2.04 bits per heavy atom. The standard InChI is InChI=1S/C17H12BrFN2O2/c18-14-8-12(19)5-6-16(14)23-10-17(22)21-13-7-11-3-1-2-4-15(11)20-9-13/h1-9H,10H2,(H,21,22). The highest BCUT2D eigenvalue weighted by Gasteiger charge is 2.07. The molecule has 0 saturated heterocycles. The number of ether oxygens (including phenoxy) is 1. The maximum atomic E-state index is 13.0. The fraction of sp³-hybridized carbons (Fsp3) is 0.0588. The Balaban J connectivity index is 1.64. The Morgan fingerprint density at radius 3 is 2.87 bits per heavy atom. The molecule has 6 heteroatoms. The molecule has 1 N–H and O–H groups in total. The number of para-hydroxylation sites is 1. The lowest BCUT2D eigenvalue weighted by molar-refractivity contribution is -0.118. The number of amides is 1. The van der Waals surface area contributed by atoms with Gasteiger partial charge in [-0.2, -0.15) is 0 Å². The Kier molecular flexibility index (Phi) is 4.52. The summed E-state index contributed by atoms with van der Waals surface area (Å²) in [7, 11) is 0. The first kappa shape index (κ1) is 15.4. The smallest absolute Gasteiger partial charge is 0.262 e. The molecule has 3 aromatic rings. The van der Waals surface area contributed by atoms with Gasteiger partial charge in [0.15, 0.2) is 6.61 Å². The number of halogens is 2. The highest BCUT2D eigenvalue weighted by atomic mass is 79.9. The van der Waals surface area contributed by atoms with Crippen molar-refractivity contribution < 1.29 is 13.9 Å². The van der Waals surface area contributed by atoms with E-state index in [4.69, 9.17) is 4.74 Å². The van der Waals surface area contributed by atoms with Crippen molar-refractivity contribution in [2.24, 2.45) is 0 Å². The minimum atomic E-state index is -0.379. The van der Waals surface area contributed by atoms with Gasteiger partial charge in [0.1, 0.15) is 11.6 Å². The molecule has 0 saturated carbocycles. The first-order valence-corrected chi connectivity index (χ1v) is 7.63. The number of rotatable bonds is 4. The second-order valence-electron chi connectivity index (χ2n) is 4.83. The van der Waals surface area contributed by atoms with Crippen LogP contribution in [-0.2, 0) is 4.79 Å². The molecular formula is C17H12BrFN2O2. The van der Waals surface area contributed by atoms with Crippen LogP contribution < -0.4 is 10.1 Å². The van der Waals surface area contributed by atoms with E-state index in [-0.39, 0.29) is 18.3 Å². The second-order valence-corrected chi connectivity index (χ2v) is 5.68. The molecule has 1 amide bonds. The number of anilines is 1. The maximum Gasteiger partial charge on any atom is 0.262 e. The van der Waals surface area contributed by atoms with Crippen LogP contribution in [0.4, 0.5) is 10.1 Å². The second kappa shape index (κ2) is 6.75. The van der Waals surface area contributed by atoms with Crippen LogP contribution in [-0.4, -0.2) is 17.5 Å². The topological polar surface area (TPSA) is 51.2 Å². The molecular weight excluding hydrogens is 363 g/mol. The SMILES string of the molecule is O=C(COc1ccc(F)cc1Br)Nc1cnc2ccccc2c1. The van der Waals surface area contributed by atoms with Crippen LogP contribution in [0, 0.1) is 5.82 Å². The van der Waals surface area contributed by atoms with E-state index >= 15 is 0 Å². The lowest BCUT2D eigenvalue weighted by Gasteiger charge is -2.09. The average Bonchev–Trinajstić information content (AvgIpc) is 2.54. The molecule has 0 unspecified atom stereocenters. The molecule has 116 valence electrons. The molecule has 2 aromatic carbocycles. The maximum absolute atomic E-state index is 13.0. The zero-order valence-electron chi connectivity index (χ0n) is 11.9. The van der Waals surface area contributed by atoms with Gasteiger partial charge in [0, 0.05) is 5.39 Å². The number of nitrogens with one attached hydrogen (secondary N) is 1. The van der Waals surface area contributed by atoms with Crippen LogP contribution in [0.2, 0.25) is 0 Å². The third-order valence-corrected chi connectivity index (χ3v) is 3.75. The Hall–Kier alpha value is -2.47. The van der Waals surface area contributed by atoms with Gasteiger partial charge >= 0.3 is 0 Å². The number of benzene rings is 2. The summed E-state index contributed by atoms with van der Waals surface area (Å²) in [6.45, 7) is -0.183. The number of nitrogens with zero attached hydrogens (tertiary/aromatic N) is 1.